The predicted octanol–water partition coefficient (Wildman–Crippen LogP) is 4.51. The minimum Gasteiger partial charge on any atom is -0.293 e. The summed E-state index contributed by atoms with van der Waals surface area (Å²) in [5, 5.41) is 0.525. The zero-order valence-electron chi connectivity index (χ0n) is 10.6. The van der Waals surface area contributed by atoms with E-state index in [0.717, 1.165) is 11.1 Å². The molecule has 0 fully saturated rings. The number of alkyl halides is 2. The van der Waals surface area contributed by atoms with Gasteiger partial charge >= 0.3 is 0 Å². The molecule has 2 aromatic carbocycles. The van der Waals surface area contributed by atoms with Crippen LogP contribution in [0.2, 0.25) is 0 Å². The Balaban J connectivity index is 2.64. The molecular formula is C16H12Br2O2. The molecule has 0 unspecified atom stereocenters. The molecule has 0 spiro atoms. The number of halogens is 2. The first-order valence-electron chi connectivity index (χ1n) is 6.05. The van der Waals surface area contributed by atoms with Crippen LogP contribution in [0.25, 0.3) is 11.1 Å². The van der Waals surface area contributed by atoms with Crippen LogP contribution >= 0.6 is 31.9 Å². The minimum absolute atomic E-state index is 0.00157. The van der Waals surface area contributed by atoms with Crippen LogP contribution in [0.5, 0.6) is 0 Å². The van der Waals surface area contributed by atoms with Gasteiger partial charge in [0.2, 0.25) is 0 Å². The molecule has 0 aromatic heterocycles. The molecule has 0 N–H and O–H groups in total. The third-order valence-corrected chi connectivity index (χ3v) is 4.01. The number of carbonyl (C=O) groups is 2. The van der Waals surface area contributed by atoms with E-state index in [1.165, 1.54) is 0 Å². The molecule has 0 aliphatic heterocycles. The van der Waals surface area contributed by atoms with E-state index < -0.39 is 0 Å². The van der Waals surface area contributed by atoms with Crippen molar-refractivity contribution in [1.82, 2.24) is 0 Å². The maximum atomic E-state index is 12.0. The van der Waals surface area contributed by atoms with Crippen LogP contribution in [-0.2, 0) is 0 Å². The average Bonchev–Trinajstić information content (AvgIpc) is 2.53. The molecule has 0 saturated carbocycles. The van der Waals surface area contributed by atoms with E-state index in [4.69, 9.17) is 0 Å². The Bertz CT molecular complexity index is 593. The van der Waals surface area contributed by atoms with Gasteiger partial charge in [-0.2, -0.15) is 0 Å². The van der Waals surface area contributed by atoms with Gasteiger partial charge in [0.25, 0.3) is 0 Å². The number of hydrogen-bond donors (Lipinski definition) is 0. The standard InChI is InChI=1S/C16H12Br2O2/c17-9-15(19)13-7-3-1-5-11(13)12-6-2-4-8-14(12)16(20)10-18/h1-8H,9-10H2. The predicted molar refractivity (Wildman–Crippen MR) is 88.1 cm³/mol. The fraction of sp³-hybridized carbons (Fsp3) is 0.125. The van der Waals surface area contributed by atoms with E-state index >= 15 is 0 Å². The zero-order valence-corrected chi connectivity index (χ0v) is 13.8. The summed E-state index contributed by atoms with van der Waals surface area (Å²) in [5.74, 6) is 0.00314. The summed E-state index contributed by atoms with van der Waals surface area (Å²) in [7, 11) is 0. The summed E-state index contributed by atoms with van der Waals surface area (Å²) >= 11 is 6.39. The Hall–Kier alpha value is -1.26. The van der Waals surface area contributed by atoms with Gasteiger partial charge in [-0.1, -0.05) is 80.4 Å². The molecular weight excluding hydrogens is 384 g/mol. The first-order valence-corrected chi connectivity index (χ1v) is 8.30. The summed E-state index contributed by atoms with van der Waals surface area (Å²) in [4.78, 5) is 24.0. The topological polar surface area (TPSA) is 34.1 Å². The number of carbonyl (C=O) groups excluding carboxylic acids is 2. The summed E-state index contributed by atoms with van der Waals surface area (Å²) in [6, 6.07) is 14.7. The molecule has 0 bridgehead atoms. The van der Waals surface area contributed by atoms with E-state index in [0.29, 0.717) is 11.1 Å². The molecule has 0 amide bonds. The van der Waals surface area contributed by atoms with Crippen molar-refractivity contribution in [1.29, 1.82) is 0 Å². The maximum Gasteiger partial charge on any atom is 0.173 e. The quantitative estimate of drug-likeness (QED) is 0.551. The second-order valence-electron chi connectivity index (χ2n) is 4.20. The molecule has 0 saturated heterocycles. The minimum atomic E-state index is 0.00157. The van der Waals surface area contributed by atoms with Crippen LogP contribution < -0.4 is 0 Å². The van der Waals surface area contributed by atoms with Crippen molar-refractivity contribution in [3.05, 3.63) is 59.7 Å². The van der Waals surface area contributed by atoms with Crippen LogP contribution in [0.15, 0.2) is 48.5 Å². The third kappa shape index (κ3) is 3.07. The van der Waals surface area contributed by atoms with Crippen molar-refractivity contribution in [2.75, 3.05) is 10.7 Å². The van der Waals surface area contributed by atoms with Crippen LogP contribution in [0.1, 0.15) is 20.7 Å². The lowest BCUT2D eigenvalue weighted by Gasteiger charge is -2.11. The number of hydrogen-bond acceptors (Lipinski definition) is 2. The Morgan fingerprint density at radius 1 is 0.700 bits per heavy atom. The van der Waals surface area contributed by atoms with Gasteiger partial charge in [-0.3, -0.25) is 9.59 Å². The molecule has 102 valence electrons. The van der Waals surface area contributed by atoms with Crippen LogP contribution in [0.3, 0.4) is 0 Å². The molecule has 20 heavy (non-hydrogen) atoms. The van der Waals surface area contributed by atoms with Gasteiger partial charge in [0.1, 0.15) is 0 Å². The highest BCUT2D eigenvalue weighted by molar-refractivity contribution is 9.09. The average molecular weight is 396 g/mol. The SMILES string of the molecule is O=C(CBr)c1ccccc1-c1ccccc1C(=O)CBr. The first-order chi connectivity index (χ1) is 9.69. The summed E-state index contributed by atoms with van der Waals surface area (Å²) < 4.78 is 0. The van der Waals surface area contributed by atoms with Crippen molar-refractivity contribution in [3.8, 4) is 11.1 Å². The van der Waals surface area contributed by atoms with E-state index in [9.17, 15) is 9.59 Å². The first kappa shape index (κ1) is 15.1. The largest absolute Gasteiger partial charge is 0.293 e. The number of ketones is 2. The van der Waals surface area contributed by atoms with E-state index in [2.05, 4.69) is 31.9 Å². The second-order valence-corrected chi connectivity index (χ2v) is 5.33. The smallest absolute Gasteiger partial charge is 0.173 e. The maximum absolute atomic E-state index is 12.0. The molecule has 2 aromatic rings. The normalized spacial score (nSPS) is 10.3. The monoisotopic (exact) mass is 394 g/mol. The van der Waals surface area contributed by atoms with Crippen LogP contribution in [0, 0.1) is 0 Å². The Labute approximate surface area is 134 Å². The Morgan fingerprint density at radius 3 is 1.40 bits per heavy atom. The molecule has 0 radical (unpaired) electrons. The lowest BCUT2D eigenvalue weighted by atomic mass is 9.92. The van der Waals surface area contributed by atoms with Crippen molar-refractivity contribution in [3.63, 3.8) is 0 Å². The van der Waals surface area contributed by atoms with Crippen molar-refractivity contribution >= 4 is 43.4 Å². The highest BCUT2D eigenvalue weighted by atomic mass is 79.9. The molecule has 0 aliphatic carbocycles. The van der Waals surface area contributed by atoms with Gasteiger partial charge in [-0.25, -0.2) is 0 Å². The fourth-order valence-electron chi connectivity index (χ4n) is 2.07. The van der Waals surface area contributed by atoms with E-state index in [1.54, 1.807) is 12.1 Å². The highest BCUT2D eigenvalue weighted by Crippen LogP contribution is 2.28. The van der Waals surface area contributed by atoms with Gasteiger partial charge in [0.05, 0.1) is 10.7 Å². The van der Waals surface area contributed by atoms with E-state index in [1.807, 2.05) is 36.4 Å². The number of benzene rings is 2. The molecule has 2 rings (SSSR count). The van der Waals surface area contributed by atoms with Crippen molar-refractivity contribution < 1.29 is 9.59 Å². The summed E-state index contributed by atoms with van der Waals surface area (Å²) in [6.45, 7) is 0. The summed E-state index contributed by atoms with van der Waals surface area (Å²) in [5.41, 5.74) is 2.84. The molecule has 0 atom stereocenters. The van der Waals surface area contributed by atoms with Gasteiger partial charge in [0, 0.05) is 11.1 Å². The molecule has 2 nitrogen and oxygen atoms in total. The molecule has 4 heteroatoms. The van der Waals surface area contributed by atoms with Gasteiger partial charge < -0.3 is 0 Å². The lowest BCUT2D eigenvalue weighted by Crippen LogP contribution is -2.06. The highest BCUT2D eigenvalue weighted by Gasteiger charge is 2.16. The van der Waals surface area contributed by atoms with Crippen LogP contribution in [0.4, 0.5) is 0 Å². The van der Waals surface area contributed by atoms with Gasteiger partial charge in [-0.05, 0) is 11.1 Å². The number of Topliss-reactive ketones (excluding diaryl/α,β-unsaturated/α-hetero) is 2. The lowest BCUT2D eigenvalue weighted by molar-refractivity contribution is 0.101. The molecule has 0 heterocycles. The van der Waals surface area contributed by atoms with Crippen molar-refractivity contribution in [2.45, 2.75) is 0 Å². The second kappa shape index (κ2) is 6.95. The summed E-state index contributed by atoms with van der Waals surface area (Å²) in [6.07, 6.45) is 0. The van der Waals surface area contributed by atoms with Crippen LogP contribution in [-0.4, -0.2) is 22.2 Å². The zero-order chi connectivity index (χ0) is 14.5. The van der Waals surface area contributed by atoms with Gasteiger partial charge in [-0.15, -0.1) is 0 Å². The Kier molecular flexibility index (Phi) is 5.26. The Morgan fingerprint density at radius 2 is 1.05 bits per heavy atom. The van der Waals surface area contributed by atoms with E-state index in [-0.39, 0.29) is 22.2 Å². The third-order valence-electron chi connectivity index (χ3n) is 2.99. The fourth-order valence-corrected chi connectivity index (χ4v) is 2.67. The molecule has 0 aliphatic rings. The van der Waals surface area contributed by atoms with Crippen molar-refractivity contribution in [2.24, 2.45) is 0 Å². The number of rotatable bonds is 5. The van der Waals surface area contributed by atoms with Gasteiger partial charge in [0.15, 0.2) is 11.6 Å².